The number of ketones is 1. The van der Waals surface area contributed by atoms with Gasteiger partial charge in [-0.05, 0) is 36.2 Å². The number of piperazine rings is 1. The average Bonchev–Trinajstić information content (AvgIpc) is 2.80. The number of hydrogen-bond donors (Lipinski definition) is 1. The summed E-state index contributed by atoms with van der Waals surface area (Å²) in [4.78, 5) is 24.4. The Hall–Kier alpha value is -3.02. The van der Waals surface area contributed by atoms with Crippen molar-refractivity contribution in [3.8, 4) is 0 Å². The molecule has 0 radical (unpaired) electrons. The summed E-state index contributed by atoms with van der Waals surface area (Å²) < 4.78 is 0. The van der Waals surface area contributed by atoms with Crippen molar-refractivity contribution in [2.45, 2.75) is 13.0 Å². The van der Waals surface area contributed by atoms with Gasteiger partial charge in [-0.3, -0.25) is 9.78 Å². The van der Waals surface area contributed by atoms with Crippen molar-refractivity contribution in [1.29, 1.82) is 0 Å². The van der Waals surface area contributed by atoms with Gasteiger partial charge in [-0.15, -0.1) is 0 Å². The van der Waals surface area contributed by atoms with E-state index in [9.17, 15) is 4.79 Å². The minimum atomic E-state index is -0.231. The number of pyridine rings is 2. The van der Waals surface area contributed by atoms with Crippen LogP contribution in [0.1, 0.15) is 41.8 Å². The summed E-state index contributed by atoms with van der Waals surface area (Å²) in [6.45, 7) is 7.95. The highest BCUT2D eigenvalue weighted by Crippen LogP contribution is 2.26. The Labute approximate surface area is 184 Å². The zero-order chi connectivity index (χ0) is 21.1. The van der Waals surface area contributed by atoms with Crippen LogP contribution in [0.3, 0.4) is 0 Å². The lowest BCUT2D eigenvalue weighted by Gasteiger charge is -2.35. The molecule has 0 saturated carbocycles. The fraction of sp³-hybridized carbons (Fsp3) is 0.208. The zero-order valence-electron chi connectivity index (χ0n) is 16.8. The Morgan fingerprint density at radius 1 is 1.30 bits per heavy atom. The van der Waals surface area contributed by atoms with Crippen LogP contribution in [-0.4, -0.2) is 35.4 Å². The lowest BCUT2D eigenvalue weighted by molar-refractivity contribution is 0.103. The molecule has 1 aliphatic rings. The molecule has 1 N–H and O–H groups in total. The van der Waals surface area contributed by atoms with Gasteiger partial charge in [0.2, 0.25) is 5.78 Å². The standard InChI is InChI=1S/C24H23ClN4O.2H2/c1-3-17-13-19(16(2)27-14-17)24(30)23-20(25)9-10-22(28-23)29-12-11-26-21(15-29)18-7-5-4-6-8-18;;/h3-10,13-14,21,26H,1,11-12,15H2,2H3;2*1H. The van der Waals surface area contributed by atoms with Gasteiger partial charge < -0.3 is 10.2 Å². The number of nitrogens with one attached hydrogen (secondary N) is 1. The summed E-state index contributed by atoms with van der Waals surface area (Å²) in [5.74, 6) is 0.515. The molecule has 1 aromatic carbocycles. The van der Waals surface area contributed by atoms with Crippen molar-refractivity contribution in [1.82, 2.24) is 15.3 Å². The molecule has 1 atom stereocenters. The number of anilines is 1. The number of aromatic nitrogens is 2. The second kappa shape index (κ2) is 8.78. The average molecular weight is 423 g/mol. The van der Waals surface area contributed by atoms with Gasteiger partial charge in [0.25, 0.3) is 0 Å². The summed E-state index contributed by atoms with van der Waals surface area (Å²) >= 11 is 6.38. The van der Waals surface area contributed by atoms with E-state index < -0.39 is 0 Å². The maximum Gasteiger partial charge on any atom is 0.214 e. The number of nitrogens with zero attached hydrogens (tertiary/aromatic N) is 3. The molecular weight excluding hydrogens is 396 g/mol. The largest absolute Gasteiger partial charge is 0.353 e. The first-order valence-electron chi connectivity index (χ1n) is 9.90. The van der Waals surface area contributed by atoms with E-state index >= 15 is 0 Å². The van der Waals surface area contributed by atoms with E-state index in [1.165, 1.54) is 5.56 Å². The molecule has 1 fully saturated rings. The fourth-order valence-electron chi connectivity index (χ4n) is 3.65. The van der Waals surface area contributed by atoms with Gasteiger partial charge in [0.1, 0.15) is 11.5 Å². The number of benzene rings is 1. The molecule has 3 aromatic rings. The fourth-order valence-corrected chi connectivity index (χ4v) is 3.84. The summed E-state index contributed by atoms with van der Waals surface area (Å²) in [5, 5.41) is 3.88. The van der Waals surface area contributed by atoms with E-state index in [0.717, 1.165) is 31.0 Å². The first-order chi connectivity index (χ1) is 14.6. The zero-order valence-corrected chi connectivity index (χ0v) is 17.6. The molecule has 156 valence electrons. The van der Waals surface area contributed by atoms with Gasteiger partial charge in [0.05, 0.1) is 5.02 Å². The third-order valence-electron chi connectivity index (χ3n) is 5.34. The third-order valence-corrected chi connectivity index (χ3v) is 5.64. The lowest BCUT2D eigenvalue weighted by atomic mass is 10.0. The van der Waals surface area contributed by atoms with Crippen molar-refractivity contribution >= 4 is 29.3 Å². The predicted molar refractivity (Wildman–Crippen MR) is 125 cm³/mol. The van der Waals surface area contributed by atoms with Crippen LogP contribution in [0.25, 0.3) is 6.08 Å². The molecule has 1 unspecified atom stereocenters. The van der Waals surface area contributed by atoms with Crippen LogP contribution in [0.4, 0.5) is 5.82 Å². The summed E-state index contributed by atoms with van der Waals surface area (Å²) in [7, 11) is 0. The smallest absolute Gasteiger partial charge is 0.214 e. The summed E-state index contributed by atoms with van der Waals surface area (Å²) in [5.41, 5.74) is 3.39. The molecule has 0 amide bonds. The Balaban J connectivity index is 0.00000181. The lowest BCUT2D eigenvalue weighted by Crippen LogP contribution is -2.46. The van der Waals surface area contributed by atoms with Crippen molar-refractivity contribution in [2.75, 3.05) is 24.5 Å². The van der Waals surface area contributed by atoms with E-state index in [1.807, 2.05) is 24.3 Å². The minimum Gasteiger partial charge on any atom is -0.353 e. The predicted octanol–water partition coefficient (Wildman–Crippen LogP) is 4.96. The first-order valence-corrected chi connectivity index (χ1v) is 10.3. The highest BCUT2D eigenvalue weighted by Gasteiger charge is 2.24. The highest BCUT2D eigenvalue weighted by atomic mass is 35.5. The maximum absolute atomic E-state index is 13.2. The molecule has 0 bridgehead atoms. The Bertz CT molecular complexity index is 1090. The quantitative estimate of drug-likeness (QED) is 0.589. The van der Waals surface area contributed by atoms with Crippen molar-refractivity contribution in [2.24, 2.45) is 0 Å². The van der Waals surface area contributed by atoms with E-state index in [2.05, 4.69) is 38.9 Å². The molecule has 5 nitrogen and oxygen atoms in total. The van der Waals surface area contributed by atoms with Gasteiger partial charge in [0, 0.05) is 46.0 Å². The molecule has 3 heterocycles. The number of carbonyl (C=O) groups excluding carboxylic acids is 1. The van der Waals surface area contributed by atoms with Crippen LogP contribution >= 0.6 is 11.6 Å². The van der Waals surface area contributed by atoms with Gasteiger partial charge in [-0.25, -0.2) is 4.98 Å². The number of rotatable bonds is 5. The summed E-state index contributed by atoms with van der Waals surface area (Å²) in [6.07, 6.45) is 3.36. The van der Waals surface area contributed by atoms with Crippen molar-refractivity contribution in [3.63, 3.8) is 0 Å². The highest BCUT2D eigenvalue weighted by molar-refractivity contribution is 6.34. The first kappa shape index (κ1) is 20.3. The van der Waals surface area contributed by atoms with E-state index in [0.29, 0.717) is 16.3 Å². The minimum absolute atomic E-state index is 0. The van der Waals surface area contributed by atoms with E-state index in [4.69, 9.17) is 11.6 Å². The molecule has 4 rings (SSSR count). The van der Waals surface area contributed by atoms with Crippen LogP contribution in [0.2, 0.25) is 5.02 Å². The Morgan fingerprint density at radius 3 is 2.87 bits per heavy atom. The van der Waals surface area contributed by atoms with Crippen LogP contribution < -0.4 is 10.2 Å². The second-order valence-electron chi connectivity index (χ2n) is 7.30. The molecular formula is C24H27ClN4O. The topological polar surface area (TPSA) is 58.1 Å². The second-order valence-corrected chi connectivity index (χ2v) is 7.71. The van der Waals surface area contributed by atoms with Crippen LogP contribution in [-0.2, 0) is 0 Å². The maximum atomic E-state index is 13.2. The molecule has 6 heteroatoms. The van der Waals surface area contributed by atoms with Gasteiger partial charge >= 0.3 is 0 Å². The van der Waals surface area contributed by atoms with Crippen molar-refractivity contribution in [3.05, 3.63) is 94.4 Å². The number of halogens is 1. The van der Waals surface area contributed by atoms with Crippen LogP contribution in [0.15, 0.2) is 61.3 Å². The van der Waals surface area contributed by atoms with E-state index in [1.54, 1.807) is 31.3 Å². The number of carbonyl (C=O) groups is 1. The molecule has 1 aliphatic heterocycles. The molecule has 2 aromatic heterocycles. The normalized spacial score (nSPS) is 16.3. The third kappa shape index (κ3) is 4.13. The number of hydrogen-bond acceptors (Lipinski definition) is 5. The van der Waals surface area contributed by atoms with Gasteiger partial charge in [0.15, 0.2) is 0 Å². The SMILES string of the molecule is C=Cc1cnc(C)c(C(=O)c2nc(N3CCNC(c4ccccc4)C3)ccc2Cl)c1.[HH].[HH]. The van der Waals surface area contributed by atoms with E-state index in [-0.39, 0.29) is 20.4 Å². The molecule has 30 heavy (non-hydrogen) atoms. The molecule has 0 spiro atoms. The van der Waals surface area contributed by atoms with Gasteiger partial charge in [-0.1, -0.05) is 54.6 Å². The molecule has 1 saturated heterocycles. The Morgan fingerprint density at radius 2 is 2.10 bits per heavy atom. The van der Waals surface area contributed by atoms with Crippen molar-refractivity contribution < 1.29 is 7.65 Å². The van der Waals surface area contributed by atoms with Gasteiger partial charge in [-0.2, -0.15) is 0 Å². The molecule has 0 aliphatic carbocycles. The summed E-state index contributed by atoms with van der Waals surface area (Å²) in [6, 6.07) is 15.9. The number of aryl methyl sites for hydroxylation is 1. The van der Waals surface area contributed by atoms with Crippen LogP contribution in [0, 0.1) is 6.92 Å². The van der Waals surface area contributed by atoms with Crippen LogP contribution in [0.5, 0.6) is 0 Å². The Kier molecular flexibility index (Phi) is 5.93. The monoisotopic (exact) mass is 422 g/mol.